The highest BCUT2D eigenvalue weighted by Crippen LogP contribution is 2.16. The number of sulfonamides is 1. The zero-order chi connectivity index (χ0) is 19.2. The minimum absolute atomic E-state index is 0.133. The van der Waals surface area contributed by atoms with E-state index < -0.39 is 27.7 Å². The van der Waals surface area contributed by atoms with Gasteiger partial charge in [-0.3, -0.25) is 4.79 Å². The van der Waals surface area contributed by atoms with Gasteiger partial charge in [0.25, 0.3) is 0 Å². The summed E-state index contributed by atoms with van der Waals surface area (Å²) in [7, 11) is -3.93. The summed E-state index contributed by atoms with van der Waals surface area (Å²) in [4.78, 5) is 12.0. The number of hydrogen-bond acceptors (Lipinski definition) is 4. The predicted molar refractivity (Wildman–Crippen MR) is 96.6 cm³/mol. The van der Waals surface area contributed by atoms with Crippen LogP contribution in [0.25, 0.3) is 0 Å². The quantitative estimate of drug-likeness (QED) is 0.716. The van der Waals surface area contributed by atoms with E-state index in [2.05, 4.69) is 4.72 Å². The fourth-order valence-corrected chi connectivity index (χ4v) is 3.53. The van der Waals surface area contributed by atoms with Gasteiger partial charge in [0.1, 0.15) is 5.82 Å². The van der Waals surface area contributed by atoms with Gasteiger partial charge >= 0.3 is 5.97 Å². The van der Waals surface area contributed by atoms with E-state index in [1.807, 2.05) is 30.3 Å². The topological polar surface area (TPSA) is 72.5 Å². The van der Waals surface area contributed by atoms with Gasteiger partial charge in [-0.25, -0.2) is 17.5 Å². The van der Waals surface area contributed by atoms with E-state index in [0.717, 1.165) is 11.6 Å². The van der Waals surface area contributed by atoms with Gasteiger partial charge < -0.3 is 4.74 Å². The Labute approximate surface area is 153 Å². The molecule has 0 saturated carbocycles. The molecule has 0 amide bonds. The molecule has 26 heavy (non-hydrogen) atoms. The summed E-state index contributed by atoms with van der Waals surface area (Å²) in [6.45, 7) is 3.32. The van der Waals surface area contributed by atoms with E-state index in [-0.39, 0.29) is 18.0 Å². The third-order valence-electron chi connectivity index (χ3n) is 3.92. The summed E-state index contributed by atoms with van der Waals surface area (Å²) >= 11 is 0. The summed E-state index contributed by atoms with van der Waals surface area (Å²) in [5.41, 5.74) is 1.25. The molecule has 7 heteroatoms. The number of esters is 1. The van der Waals surface area contributed by atoms with Crippen molar-refractivity contribution in [2.45, 2.75) is 25.2 Å². The van der Waals surface area contributed by atoms with Gasteiger partial charge in [0.2, 0.25) is 10.0 Å². The first kappa shape index (κ1) is 20.1. The van der Waals surface area contributed by atoms with Gasteiger partial charge in [0.15, 0.2) is 0 Å². The van der Waals surface area contributed by atoms with Crippen molar-refractivity contribution in [2.75, 3.05) is 13.2 Å². The second-order valence-electron chi connectivity index (χ2n) is 5.90. The lowest BCUT2D eigenvalue weighted by Crippen LogP contribution is -2.35. The molecule has 0 radical (unpaired) electrons. The fourth-order valence-electron chi connectivity index (χ4n) is 2.43. The first-order chi connectivity index (χ1) is 12.3. The molecular weight excluding hydrogens is 357 g/mol. The van der Waals surface area contributed by atoms with E-state index in [4.69, 9.17) is 4.74 Å². The molecule has 0 aliphatic heterocycles. The van der Waals surface area contributed by atoms with Crippen molar-refractivity contribution in [3.05, 3.63) is 65.5 Å². The first-order valence-corrected chi connectivity index (χ1v) is 9.78. The number of hydrogen-bond donors (Lipinski definition) is 1. The molecule has 1 unspecified atom stereocenters. The minimum atomic E-state index is -3.93. The van der Waals surface area contributed by atoms with Crippen molar-refractivity contribution in [1.29, 1.82) is 0 Å². The Morgan fingerprint density at radius 2 is 1.88 bits per heavy atom. The molecule has 0 aliphatic carbocycles. The Hall–Kier alpha value is -2.25. The van der Waals surface area contributed by atoms with Crippen LogP contribution >= 0.6 is 0 Å². The first-order valence-electron chi connectivity index (χ1n) is 8.30. The third-order valence-corrected chi connectivity index (χ3v) is 5.34. The monoisotopic (exact) mass is 379 g/mol. The molecule has 5 nitrogen and oxygen atoms in total. The molecule has 0 aliphatic rings. The Morgan fingerprint density at radius 3 is 2.50 bits per heavy atom. The van der Waals surface area contributed by atoms with Gasteiger partial charge in [0, 0.05) is 6.54 Å². The maximum atomic E-state index is 13.7. The van der Waals surface area contributed by atoms with Crippen LogP contribution < -0.4 is 4.72 Å². The van der Waals surface area contributed by atoms with E-state index in [1.165, 1.54) is 12.1 Å². The van der Waals surface area contributed by atoms with Gasteiger partial charge in [0.05, 0.1) is 17.4 Å². The van der Waals surface area contributed by atoms with E-state index >= 15 is 0 Å². The van der Waals surface area contributed by atoms with Crippen LogP contribution in [0.15, 0.2) is 53.4 Å². The second kappa shape index (κ2) is 8.91. The number of aryl methyl sites for hydroxylation is 1. The zero-order valence-electron chi connectivity index (χ0n) is 14.7. The van der Waals surface area contributed by atoms with Crippen LogP contribution in [0.1, 0.15) is 18.1 Å². The SMILES string of the molecule is CCOC(=O)C(CNS(=O)(=O)c1ccc(C)c(F)c1)Cc1ccccc1. The Bertz CT molecular complexity index is 853. The molecule has 140 valence electrons. The van der Waals surface area contributed by atoms with Gasteiger partial charge in [-0.15, -0.1) is 0 Å². The van der Waals surface area contributed by atoms with Crippen molar-refractivity contribution in [3.63, 3.8) is 0 Å². The molecule has 0 aromatic heterocycles. The summed E-state index contributed by atoms with van der Waals surface area (Å²) in [6, 6.07) is 13.0. The van der Waals surface area contributed by atoms with Crippen molar-refractivity contribution in [3.8, 4) is 0 Å². The zero-order valence-corrected chi connectivity index (χ0v) is 15.6. The van der Waals surface area contributed by atoms with Crippen LogP contribution in [0.2, 0.25) is 0 Å². The summed E-state index contributed by atoms with van der Waals surface area (Å²) < 4.78 is 45.9. The maximum absolute atomic E-state index is 13.7. The number of rotatable bonds is 8. The van der Waals surface area contributed by atoms with Crippen LogP contribution in [0.5, 0.6) is 0 Å². The highest BCUT2D eigenvalue weighted by molar-refractivity contribution is 7.89. The third kappa shape index (κ3) is 5.37. The lowest BCUT2D eigenvalue weighted by atomic mass is 10.00. The number of benzene rings is 2. The van der Waals surface area contributed by atoms with Crippen molar-refractivity contribution < 1.29 is 22.3 Å². The van der Waals surface area contributed by atoms with Crippen molar-refractivity contribution >= 4 is 16.0 Å². The molecule has 2 aromatic carbocycles. The van der Waals surface area contributed by atoms with E-state index in [9.17, 15) is 17.6 Å². The summed E-state index contributed by atoms with van der Waals surface area (Å²) in [5.74, 6) is -1.75. The predicted octanol–water partition coefficient (Wildman–Crippen LogP) is 2.83. The Kier molecular flexibility index (Phi) is 6.88. The number of ether oxygens (including phenoxy) is 1. The number of halogens is 1. The lowest BCUT2D eigenvalue weighted by molar-refractivity contribution is -0.147. The summed E-state index contributed by atoms with van der Waals surface area (Å²) in [6.07, 6.45) is 0.338. The minimum Gasteiger partial charge on any atom is -0.466 e. The van der Waals surface area contributed by atoms with Gasteiger partial charge in [-0.05, 0) is 43.5 Å². The van der Waals surface area contributed by atoms with Gasteiger partial charge in [-0.2, -0.15) is 0 Å². The average Bonchev–Trinajstić information content (AvgIpc) is 2.62. The molecule has 0 spiro atoms. The molecule has 2 aromatic rings. The number of carbonyl (C=O) groups excluding carboxylic acids is 1. The molecule has 2 rings (SSSR count). The average molecular weight is 379 g/mol. The molecule has 1 N–H and O–H groups in total. The molecule has 0 bridgehead atoms. The molecule has 0 fully saturated rings. The van der Waals surface area contributed by atoms with E-state index in [1.54, 1.807) is 13.8 Å². The summed E-state index contributed by atoms with van der Waals surface area (Å²) in [5, 5.41) is 0. The smallest absolute Gasteiger partial charge is 0.310 e. The highest BCUT2D eigenvalue weighted by atomic mass is 32.2. The van der Waals surface area contributed by atoms with Crippen LogP contribution in [-0.2, 0) is 26.0 Å². The van der Waals surface area contributed by atoms with Crippen molar-refractivity contribution in [2.24, 2.45) is 5.92 Å². The fraction of sp³-hybridized carbons (Fsp3) is 0.316. The number of nitrogens with one attached hydrogen (secondary N) is 1. The van der Waals surface area contributed by atoms with E-state index in [0.29, 0.717) is 12.0 Å². The van der Waals surface area contributed by atoms with Crippen molar-refractivity contribution in [1.82, 2.24) is 4.72 Å². The Morgan fingerprint density at radius 1 is 1.19 bits per heavy atom. The van der Waals surface area contributed by atoms with Crippen LogP contribution in [0.4, 0.5) is 4.39 Å². The Balaban J connectivity index is 2.14. The highest BCUT2D eigenvalue weighted by Gasteiger charge is 2.24. The largest absolute Gasteiger partial charge is 0.466 e. The molecule has 1 atom stereocenters. The van der Waals surface area contributed by atoms with Crippen LogP contribution in [0, 0.1) is 18.7 Å². The molecular formula is C19H22FNO4S. The lowest BCUT2D eigenvalue weighted by Gasteiger charge is -2.17. The second-order valence-corrected chi connectivity index (χ2v) is 7.67. The molecule has 0 saturated heterocycles. The molecule has 0 heterocycles. The normalized spacial score (nSPS) is 12.6. The number of carbonyl (C=O) groups is 1. The standard InChI is InChI=1S/C19H22FNO4S/c1-3-25-19(22)16(11-15-7-5-4-6-8-15)13-21-26(23,24)17-10-9-14(2)18(20)12-17/h4-10,12,16,21H,3,11,13H2,1-2H3. The maximum Gasteiger partial charge on any atom is 0.310 e. The van der Waals surface area contributed by atoms with Crippen LogP contribution in [-0.4, -0.2) is 27.5 Å². The van der Waals surface area contributed by atoms with Gasteiger partial charge in [-0.1, -0.05) is 36.4 Å². The van der Waals surface area contributed by atoms with Crippen LogP contribution in [0.3, 0.4) is 0 Å².